The third kappa shape index (κ3) is 6.27. The predicted octanol–water partition coefficient (Wildman–Crippen LogP) is 0.0945. The van der Waals surface area contributed by atoms with Gasteiger partial charge < -0.3 is 11.1 Å². The fraction of sp³-hybridized carbons (Fsp3) is 0.933. The monoisotopic (exact) mass is 345 g/mol. The second kappa shape index (κ2) is 8.84. The Bertz CT molecular complexity index is 490. The van der Waals surface area contributed by atoms with Crippen LogP contribution in [0.3, 0.4) is 0 Å². The van der Waals surface area contributed by atoms with Crippen molar-refractivity contribution in [2.75, 3.05) is 38.5 Å². The number of hydrogen-bond donors (Lipinski definition) is 3. The maximum Gasteiger partial charge on any atom is 0.213 e. The Morgan fingerprint density at radius 2 is 2.09 bits per heavy atom. The molecule has 0 aromatic rings. The zero-order chi connectivity index (χ0) is 16.7. The highest BCUT2D eigenvalue weighted by Gasteiger charge is 2.22. The molecule has 2 aliphatic rings. The van der Waals surface area contributed by atoms with E-state index in [4.69, 9.17) is 5.73 Å². The number of hydrogen-bond acceptors (Lipinski definition) is 4. The zero-order valence-corrected chi connectivity index (χ0v) is 14.9. The lowest BCUT2D eigenvalue weighted by molar-refractivity contribution is 0.273. The summed E-state index contributed by atoms with van der Waals surface area (Å²) in [5.74, 6) is 0.889. The van der Waals surface area contributed by atoms with Crippen molar-refractivity contribution in [2.24, 2.45) is 16.6 Å². The molecular formula is C15H31N5O2S. The van der Waals surface area contributed by atoms with Crippen molar-refractivity contribution in [3.05, 3.63) is 0 Å². The number of sulfonamides is 1. The summed E-state index contributed by atoms with van der Waals surface area (Å²) < 4.78 is 26.4. The minimum atomic E-state index is -3.22. The first-order chi connectivity index (χ1) is 11.0. The second-order valence-corrected chi connectivity index (χ2v) is 8.47. The summed E-state index contributed by atoms with van der Waals surface area (Å²) in [7, 11) is -3.22. The van der Waals surface area contributed by atoms with E-state index in [0.29, 0.717) is 31.0 Å². The lowest BCUT2D eigenvalue weighted by Gasteiger charge is -2.25. The van der Waals surface area contributed by atoms with Gasteiger partial charge in [-0.1, -0.05) is 13.3 Å². The molecule has 2 fully saturated rings. The van der Waals surface area contributed by atoms with Gasteiger partial charge in [-0.2, -0.15) is 0 Å². The standard InChI is InChI=1S/C15H31N5O2S/c1-2-20-9-4-7-14(20)12-18-15(16)17-8-10-23(21,22)19-11-13-5-3-6-13/h13-14,19H,2-12H2,1H3,(H3,16,17,18). The molecule has 1 atom stereocenters. The molecule has 1 saturated heterocycles. The molecule has 23 heavy (non-hydrogen) atoms. The third-order valence-electron chi connectivity index (χ3n) is 4.87. The molecule has 0 aromatic heterocycles. The summed E-state index contributed by atoms with van der Waals surface area (Å²) in [4.78, 5) is 6.76. The minimum Gasteiger partial charge on any atom is -0.370 e. The van der Waals surface area contributed by atoms with Crippen LogP contribution in [0, 0.1) is 5.92 Å². The van der Waals surface area contributed by atoms with Gasteiger partial charge in [-0.15, -0.1) is 0 Å². The molecule has 1 heterocycles. The first-order valence-electron chi connectivity index (χ1n) is 8.75. The van der Waals surface area contributed by atoms with Gasteiger partial charge in [0.25, 0.3) is 0 Å². The van der Waals surface area contributed by atoms with Gasteiger partial charge in [0.1, 0.15) is 0 Å². The van der Waals surface area contributed by atoms with Gasteiger partial charge in [0.05, 0.1) is 12.3 Å². The molecule has 4 N–H and O–H groups in total. The van der Waals surface area contributed by atoms with Crippen LogP contribution in [0.1, 0.15) is 39.0 Å². The molecule has 2 rings (SSSR count). The van der Waals surface area contributed by atoms with E-state index in [1.807, 2.05) is 0 Å². The van der Waals surface area contributed by atoms with Crippen LogP contribution in [0.15, 0.2) is 4.99 Å². The second-order valence-electron chi connectivity index (χ2n) is 6.54. The average Bonchev–Trinajstić information content (AvgIpc) is 2.90. The summed E-state index contributed by atoms with van der Waals surface area (Å²) in [6.45, 7) is 5.87. The van der Waals surface area contributed by atoms with Crippen molar-refractivity contribution >= 4 is 16.0 Å². The van der Waals surface area contributed by atoms with Gasteiger partial charge in [0.15, 0.2) is 5.96 Å². The van der Waals surface area contributed by atoms with Crippen molar-refractivity contribution in [2.45, 2.75) is 45.1 Å². The number of aliphatic imine (C=N–C) groups is 1. The number of nitrogens with zero attached hydrogens (tertiary/aromatic N) is 2. The lowest BCUT2D eigenvalue weighted by atomic mass is 9.86. The molecule has 0 amide bonds. The number of rotatable bonds is 9. The Balaban J connectivity index is 1.63. The molecule has 0 radical (unpaired) electrons. The topological polar surface area (TPSA) is 99.8 Å². The van der Waals surface area contributed by atoms with Gasteiger partial charge in [0.2, 0.25) is 10.0 Å². The van der Waals surface area contributed by atoms with Crippen LogP contribution in [0.2, 0.25) is 0 Å². The predicted molar refractivity (Wildman–Crippen MR) is 93.9 cm³/mol. The minimum absolute atomic E-state index is 0.0282. The van der Waals surface area contributed by atoms with E-state index in [2.05, 4.69) is 26.9 Å². The van der Waals surface area contributed by atoms with Crippen LogP contribution >= 0.6 is 0 Å². The van der Waals surface area contributed by atoms with Crippen molar-refractivity contribution in [3.8, 4) is 0 Å². The average molecular weight is 346 g/mol. The normalized spacial score (nSPS) is 23.9. The number of likely N-dealkylation sites (tertiary alicyclic amines) is 1. The summed E-state index contributed by atoms with van der Waals surface area (Å²) in [5, 5.41) is 2.90. The van der Waals surface area contributed by atoms with Gasteiger partial charge >= 0.3 is 0 Å². The van der Waals surface area contributed by atoms with Gasteiger partial charge in [-0.25, -0.2) is 13.1 Å². The smallest absolute Gasteiger partial charge is 0.213 e. The largest absolute Gasteiger partial charge is 0.370 e. The van der Waals surface area contributed by atoms with E-state index < -0.39 is 10.0 Å². The Hall–Kier alpha value is -0.860. The molecular weight excluding hydrogens is 314 g/mol. The van der Waals surface area contributed by atoms with Crippen molar-refractivity contribution in [1.82, 2.24) is 14.9 Å². The van der Waals surface area contributed by atoms with Crippen molar-refractivity contribution in [1.29, 1.82) is 0 Å². The molecule has 7 nitrogen and oxygen atoms in total. The summed E-state index contributed by atoms with van der Waals surface area (Å²) >= 11 is 0. The lowest BCUT2D eigenvalue weighted by Crippen LogP contribution is -2.40. The maximum atomic E-state index is 11.9. The Labute approximate surface area is 140 Å². The molecule has 1 saturated carbocycles. The van der Waals surface area contributed by atoms with Crippen LogP contribution in [0.25, 0.3) is 0 Å². The van der Waals surface area contributed by atoms with Crippen LogP contribution in [0.5, 0.6) is 0 Å². The van der Waals surface area contributed by atoms with E-state index in [1.54, 1.807) is 0 Å². The zero-order valence-electron chi connectivity index (χ0n) is 14.1. The number of nitrogens with one attached hydrogen (secondary N) is 2. The van der Waals surface area contributed by atoms with Crippen molar-refractivity contribution in [3.63, 3.8) is 0 Å². The van der Waals surface area contributed by atoms with Crippen LogP contribution in [-0.4, -0.2) is 63.8 Å². The molecule has 1 unspecified atom stereocenters. The van der Waals surface area contributed by atoms with Crippen LogP contribution in [0.4, 0.5) is 0 Å². The van der Waals surface area contributed by atoms with Gasteiger partial charge in [0, 0.05) is 19.1 Å². The highest BCUT2D eigenvalue weighted by molar-refractivity contribution is 7.89. The Morgan fingerprint density at radius 1 is 1.30 bits per heavy atom. The Morgan fingerprint density at radius 3 is 2.74 bits per heavy atom. The van der Waals surface area contributed by atoms with E-state index in [1.165, 1.54) is 12.8 Å². The quantitative estimate of drug-likeness (QED) is 0.406. The van der Waals surface area contributed by atoms with Crippen molar-refractivity contribution < 1.29 is 8.42 Å². The van der Waals surface area contributed by atoms with Gasteiger partial charge in [-0.05, 0) is 44.7 Å². The molecule has 0 aromatic carbocycles. The fourth-order valence-corrected chi connectivity index (χ4v) is 4.11. The first-order valence-corrected chi connectivity index (χ1v) is 10.4. The molecule has 8 heteroatoms. The first kappa shape index (κ1) is 18.5. The summed E-state index contributed by atoms with van der Waals surface area (Å²) in [6, 6.07) is 0.466. The highest BCUT2D eigenvalue weighted by atomic mass is 32.2. The Kier molecular flexibility index (Phi) is 7.10. The molecule has 0 bridgehead atoms. The summed E-state index contributed by atoms with van der Waals surface area (Å²) in [5.41, 5.74) is 5.83. The molecule has 0 spiro atoms. The van der Waals surface area contributed by atoms with E-state index in [9.17, 15) is 8.42 Å². The molecule has 1 aliphatic heterocycles. The van der Waals surface area contributed by atoms with Gasteiger partial charge in [-0.3, -0.25) is 9.89 Å². The number of nitrogens with two attached hydrogens (primary N) is 1. The SMILES string of the molecule is CCN1CCCC1CN=C(N)NCCS(=O)(=O)NCC1CCC1. The van der Waals surface area contributed by atoms with E-state index in [0.717, 1.165) is 32.4 Å². The number of guanidine groups is 1. The maximum absolute atomic E-state index is 11.9. The molecule has 134 valence electrons. The third-order valence-corrected chi connectivity index (χ3v) is 6.22. The summed E-state index contributed by atoms with van der Waals surface area (Å²) in [6.07, 6.45) is 5.86. The van der Waals surface area contributed by atoms with Crippen LogP contribution in [-0.2, 0) is 10.0 Å². The van der Waals surface area contributed by atoms with Crippen LogP contribution < -0.4 is 15.8 Å². The highest BCUT2D eigenvalue weighted by Crippen LogP contribution is 2.25. The van der Waals surface area contributed by atoms with E-state index >= 15 is 0 Å². The fourth-order valence-electron chi connectivity index (χ4n) is 3.11. The van der Waals surface area contributed by atoms with E-state index in [-0.39, 0.29) is 12.3 Å². The molecule has 1 aliphatic carbocycles. The number of likely N-dealkylation sites (N-methyl/N-ethyl adjacent to an activating group) is 1.